The maximum atomic E-state index is 12.7. The minimum absolute atomic E-state index is 0.164. The van der Waals surface area contributed by atoms with E-state index in [9.17, 15) is 4.79 Å². The van der Waals surface area contributed by atoms with Gasteiger partial charge >= 0.3 is 0 Å². The van der Waals surface area contributed by atoms with Crippen LogP contribution in [0.3, 0.4) is 0 Å². The molecule has 0 unspecified atom stereocenters. The fourth-order valence-electron chi connectivity index (χ4n) is 4.43. The molecule has 4 aromatic rings. The van der Waals surface area contributed by atoms with E-state index < -0.39 is 0 Å². The van der Waals surface area contributed by atoms with Crippen molar-refractivity contribution in [1.29, 1.82) is 0 Å². The lowest BCUT2D eigenvalue weighted by atomic mass is 9.92. The van der Waals surface area contributed by atoms with E-state index in [0.29, 0.717) is 23.0 Å². The van der Waals surface area contributed by atoms with Crippen LogP contribution >= 0.6 is 0 Å². The average Bonchev–Trinajstić information content (AvgIpc) is 3.28. The number of nitrogens with zero attached hydrogens (tertiary/aromatic N) is 3. The number of aromatic amines is 1. The molecule has 170 valence electrons. The third-order valence-electron chi connectivity index (χ3n) is 6.10. The fraction of sp³-hybridized carbons (Fsp3) is 0.346. The highest BCUT2D eigenvalue weighted by Crippen LogP contribution is 2.30. The normalized spacial score (nSPS) is 14.8. The topological polar surface area (TPSA) is 84.8 Å². The summed E-state index contributed by atoms with van der Waals surface area (Å²) in [5, 5.41) is 9.24. The van der Waals surface area contributed by atoms with Gasteiger partial charge in [-0.05, 0) is 59.9 Å². The van der Waals surface area contributed by atoms with Crippen molar-refractivity contribution in [3.05, 3.63) is 70.9 Å². The summed E-state index contributed by atoms with van der Waals surface area (Å²) in [4.78, 5) is 20.3. The quantitative estimate of drug-likeness (QED) is 0.434. The van der Waals surface area contributed by atoms with Gasteiger partial charge in [0.05, 0.1) is 17.3 Å². The number of ether oxygens (including phenoxy) is 1. The second-order valence-corrected chi connectivity index (χ2v) is 9.11. The maximum absolute atomic E-state index is 12.7. The SMILES string of the molecule is CC(C)Cn1cc(-c2cc3cc[nH]c(=O)c3c(Nc3ccc(C4CCOCC4)cc3)n2)cn1. The average molecular weight is 444 g/mol. The van der Waals surface area contributed by atoms with Gasteiger partial charge in [-0.1, -0.05) is 26.0 Å². The highest BCUT2D eigenvalue weighted by molar-refractivity contribution is 5.95. The first-order chi connectivity index (χ1) is 16.1. The molecule has 1 aliphatic heterocycles. The number of rotatable bonds is 6. The third kappa shape index (κ3) is 4.68. The van der Waals surface area contributed by atoms with E-state index in [4.69, 9.17) is 9.72 Å². The summed E-state index contributed by atoms with van der Waals surface area (Å²) >= 11 is 0. The molecule has 0 radical (unpaired) electrons. The van der Waals surface area contributed by atoms with Crippen LogP contribution in [0.5, 0.6) is 0 Å². The molecule has 0 atom stereocenters. The number of aromatic nitrogens is 4. The summed E-state index contributed by atoms with van der Waals surface area (Å²) in [7, 11) is 0. The van der Waals surface area contributed by atoms with Crippen LogP contribution in [0.25, 0.3) is 22.0 Å². The van der Waals surface area contributed by atoms with Gasteiger partial charge in [-0.3, -0.25) is 9.48 Å². The van der Waals surface area contributed by atoms with E-state index in [2.05, 4.69) is 53.5 Å². The molecular formula is C26H29N5O2. The number of hydrogen-bond acceptors (Lipinski definition) is 5. The van der Waals surface area contributed by atoms with Crippen LogP contribution < -0.4 is 10.9 Å². The van der Waals surface area contributed by atoms with E-state index >= 15 is 0 Å². The smallest absolute Gasteiger partial charge is 0.259 e. The van der Waals surface area contributed by atoms with Crippen LogP contribution in [0.15, 0.2) is 59.8 Å². The Morgan fingerprint density at radius 3 is 2.73 bits per heavy atom. The summed E-state index contributed by atoms with van der Waals surface area (Å²) in [6.07, 6.45) is 7.62. The number of H-pyrrole nitrogens is 1. The molecule has 1 aromatic carbocycles. The molecule has 4 heterocycles. The largest absolute Gasteiger partial charge is 0.381 e. The lowest BCUT2D eigenvalue weighted by Crippen LogP contribution is -2.14. The maximum Gasteiger partial charge on any atom is 0.259 e. The highest BCUT2D eigenvalue weighted by Gasteiger charge is 2.16. The minimum atomic E-state index is -0.164. The first-order valence-electron chi connectivity index (χ1n) is 11.6. The summed E-state index contributed by atoms with van der Waals surface area (Å²) < 4.78 is 7.42. The van der Waals surface area contributed by atoms with Crippen molar-refractivity contribution < 1.29 is 4.74 Å². The Balaban J connectivity index is 1.49. The molecule has 7 heteroatoms. The Morgan fingerprint density at radius 2 is 1.97 bits per heavy atom. The van der Waals surface area contributed by atoms with Crippen LogP contribution in [0.4, 0.5) is 11.5 Å². The Morgan fingerprint density at radius 1 is 1.18 bits per heavy atom. The monoisotopic (exact) mass is 443 g/mol. The van der Waals surface area contributed by atoms with E-state index in [1.807, 2.05) is 29.2 Å². The number of hydrogen-bond donors (Lipinski definition) is 2. The molecule has 2 N–H and O–H groups in total. The second kappa shape index (κ2) is 9.19. The van der Waals surface area contributed by atoms with Gasteiger partial charge in [-0.25, -0.2) is 4.98 Å². The lowest BCUT2D eigenvalue weighted by molar-refractivity contribution is 0.0853. The first-order valence-corrected chi connectivity index (χ1v) is 11.6. The highest BCUT2D eigenvalue weighted by atomic mass is 16.5. The van der Waals surface area contributed by atoms with Crippen molar-refractivity contribution >= 4 is 22.3 Å². The number of anilines is 2. The van der Waals surface area contributed by atoms with E-state index in [1.54, 1.807) is 6.20 Å². The number of nitrogens with one attached hydrogen (secondary N) is 2. The van der Waals surface area contributed by atoms with Crippen LogP contribution in [0.1, 0.15) is 38.2 Å². The molecular weight excluding hydrogens is 414 g/mol. The lowest BCUT2D eigenvalue weighted by Gasteiger charge is -2.22. The standard InChI is InChI=1S/C26H29N5O2/c1-17(2)15-31-16-21(14-28-31)23-13-20-7-10-27-26(32)24(20)25(30-23)29-22-5-3-18(4-6-22)19-8-11-33-12-9-19/h3-7,10,13-14,16-17,19H,8-9,11-12,15H2,1-2H3,(H,27,32)(H,29,30). The summed E-state index contributed by atoms with van der Waals surface area (Å²) in [6, 6.07) is 12.3. The van der Waals surface area contributed by atoms with Gasteiger partial charge in [-0.2, -0.15) is 5.10 Å². The van der Waals surface area contributed by atoms with Gasteiger partial charge in [0.1, 0.15) is 5.82 Å². The number of benzene rings is 1. The molecule has 0 saturated carbocycles. The van der Waals surface area contributed by atoms with E-state index in [-0.39, 0.29) is 5.56 Å². The Bertz CT molecular complexity index is 1300. The molecule has 1 saturated heterocycles. The zero-order chi connectivity index (χ0) is 22.8. The van der Waals surface area contributed by atoms with Crippen molar-refractivity contribution in [2.45, 2.75) is 39.2 Å². The molecule has 0 bridgehead atoms. The number of pyridine rings is 2. The Kier molecular flexibility index (Phi) is 5.96. The summed E-state index contributed by atoms with van der Waals surface area (Å²) in [6.45, 7) is 6.82. The zero-order valence-corrected chi connectivity index (χ0v) is 19.0. The number of fused-ring (bicyclic) bond motifs is 1. The Labute approximate surface area is 192 Å². The van der Waals surface area contributed by atoms with Crippen molar-refractivity contribution in [2.75, 3.05) is 18.5 Å². The van der Waals surface area contributed by atoms with Crippen LogP contribution in [0.2, 0.25) is 0 Å². The molecule has 7 nitrogen and oxygen atoms in total. The first kappa shape index (κ1) is 21.4. The molecule has 0 amide bonds. The van der Waals surface area contributed by atoms with Crippen molar-refractivity contribution in [3.63, 3.8) is 0 Å². The van der Waals surface area contributed by atoms with Crippen LogP contribution in [0, 0.1) is 5.92 Å². The zero-order valence-electron chi connectivity index (χ0n) is 19.0. The van der Waals surface area contributed by atoms with E-state index in [1.165, 1.54) is 5.56 Å². The predicted molar refractivity (Wildman–Crippen MR) is 131 cm³/mol. The van der Waals surface area contributed by atoms with Gasteiger partial charge in [0, 0.05) is 43.4 Å². The fourth-order valence-corrected chi connectivity index (χ4v) is 4.43. The van der Waals surface area contributed by atoms with E-state index in [0.717, 1.165) is 54.9 Å². The van der Waals surface area contributed by atoms with Gasteiger partial charge in [0.15, 0.2) is 0 Å². The predicted octanol–water partition coefficient (Wildman–Crippen LogP) is 5.08. The minimum Gasteiger partial charge on any atom is -0.381 e. The molecule has 3 aromatic heterocycles. The van der Waals surface area contributed by atoms with Crippen molar-refractivity contribution in [1.82, 2.24) is 19.7 Å². The Hall–Kier alpha value is -3.45. The molecule has 33 heavy (non-hydrogen) atoms. The second-order valence-electron chi connectivity index (χ2n) is 9.11. The third-order valence-corrected chi connectivity index (χ3v) is 6.10. The van der Waals surface area contributed by atoms with Crippen molar-refractivity contribution in [2.24, 2.45) is 5.92 Å². The molecule has 1 fully saturated rings. The van der Waals surface area contributed by atoms with Gasteiger partial charge in [-0.15, -0.1) is 0 Å². The summed E-state index contributed by atoms with van der Waals surface area (Å²) in [5.41, 5.74) is 3.77. The summed E-state index contributed by atoms with van der Waals surface area (Å²) in [5.74, 6) is 1.59. The van der Waals surface area contributed by atoms with Gasteiger partial charge < -0.3 is 15.0 Å². The molecule has 5 rings (SSSR count). The molecule has 0 spiro atoms. The van der Waals surface area contributed by atoms with Gasteiger partial charge in [0.2, 0.25) is 0 Å². The van der Waals surface area contributed by atoms with Crippen LogP contribution in [-0.4, -0.2) is 33.0 Å². The van der Waals surface area contributed by atoms with Crippen LogP contribution in [-0.2, 0) is 11.3 Å². The molecule has 0 aliphatic carbocycles. The molecule has 1 aliphatic rings. The van der Waals surface area contributed by atoms with Gasteiger partial charge in [0.25, 0.3) is 5.56 Å². The van der Waals surface area contributed by atoms with Crippen molar-refractivity contribution in [3.8, 4) is 11.3 Å².